The number of amides is 1. The summed E-state index contributed by atoms with van der Waals surface area (Å²) in [4.78, 5) is 26.6. The highest BCUT2D eigenvalue weighted by Crippen LogP contribution is 2.29. The number of likely N-dealkylation sites (tertiary alicyclic amines) is 1. The van der Waals surface area contributed by atoms with E-state index in [0.717, 1.165) is 11.7 Å². The van der Waals surface area contributed by atoms with Gasteiger partial charge in [-0.3, -0.25) is 9.59 Å². The van der Waals surface area contributed by atoms with Crippen molar-refractivity contribution in [3.8, 4) is 0 Å². The fraction of sp³-hybridized carbons (Fsp3) is 0.579. The first kappa shape index (κ1) is 21.1. The van der Waals surface area contributed by atoms with Gasteiger partial charge in [0.05, 0.1) is 30.7 Å². The number of piperidine rings is 2. The van der Waals surface area contributed by atoms with Crippen molar-refractivity contribution in [3.63, 3.8) is 0 Å². The Labute approximate surface area is 179 Å². The highest BCUT2D eigenvalue weighted by Gasteiger charge is 2.37. The quantitative estimate of drug-likeness (QED) is 0.647. The van der Waals surface area contributed by atoms with E-state index < -0.39 is 10.0 Å². The summed E-state index contributed by atoms with van der Waals surface area (Å²) < 4.78 is 41.0. The van der Waals surface area contributed by atoms with Crippen molar-refractivity contribution >= 4 is 44.7 Å². The number of hydrogen-bond donors (Lipinski definition) is 0. The molecular formula is C19H24N4O5S2. The van der Waals surface area contributed by atoms with Crippen molar-refractivity contribution in [1.29, 1.82) is 0 Å². The van der Waals surface area contributed by atoms with Crippen LogP contribution in [0.4, 0.5) is 0 Å². The number of sulfonamides is 1. The van der Waals surface area contributed by atoms with Crippen molar-refractivity contribution in [2.75, 3.05) is 33.3 Å². The van der Waals surface area contributed by atoms with Gasteiger partial charge in [-0.15, -0.1) is 0 Å². The van der Waals surface area contributed by atoms with Crippen LogP contribution in [-0.2, 0) is 24.3 Å². The summed E-state index contributed by atoms with van der Waals surface area (Å²) >= 11 is 0.981. The summed E-state index contributed by atoms with van der Waals surface area (Å²) in [6.07, 6.45) is 2.43. The van der Waals surface area contributed by atoms with Gasteiger partial charge in [0.15, 0.2) is 0 Å². The molecule has 0 aliphatic carbocycles. The topological polar surface area (TPSA) is 110 Å². The van der Waals surface area contributed by atoms with Crippen LogP contribution in [0.25, 0.3) is 11.0 Å². The van der Waals surface area contributed by atoms with Gasteiger partial charge in [-0.05, 0) is 37.8 Å². The summed E-state index contributed by atoms with van der Waals surface area (Å²) in [5.41, 5.74) is 0.931. The number of carbonyl (C=O) groups excluding carboxylic acids is 2. The van der Waals surface area contributed by atoms with E-state index in [4.69, 9.17) is 4.74 Å². The molecule has 0 saturated carbocycles. The predicted octanol–water partition coefficient (Wildman–Crippen LogP) is 1.50. The van der Waals surface area contributed by atoms with E-state index in [1.807, 2.05) is 0 Å². The van der Waals surface area contributed by atoms with Gasteiger partial charge >= 0.3 is 5.97 Å². The molecule has 2 aliphatic rings. The second-order valence-electron chi connectivity index (χ2n) is 7.71. The average Bonchev–Trinajstić information content (AvgIpc) is 3.27. The van der Waals surface area contributed by atoms with E-state index in [1.54, 1.807) is 23.1 Å². The first-order valence-corrected chi connectivity index (χ1v) is 12.2. The summed E-state index contributed by atoms with van der Waals surface area (Å²) in [5.74, 6) is -0.819. The van der Waals surface area contributed by atoms with E-state index >= 15 is 0 Å². The molecular weight excluding hydrogens is 428 g/mol. The normalized spacial score (nSPS) is 21.6. The minimum Gasteiger partial charge on any atom is -0.469 e. The van der Waals surface area contributed by atoms with Crippen LogP contribution in [0.1, 0.15) is 25.7 Å². The Balaban J connectivity index is 1.46. The molecule has 1 atom stereocenters. The number of methoxy groups -OCH3 is 1. The monoisotopic (exact) mass is 452 g/mol. The van der Waals surface area contributed by atoms with Crippen LogP contribution in [0.3, 0.4) is 0 Å². The van der Waals surface area contributed by atoms with Crippen LogP contribution < -0.4 is 0 Å². The number of fused-ring (bicyclic) bond motifs is 1. The smallest absolute Gasteiger partial charge is 0.308 e. The Bertz CT molecular complexity index is 1050. The third-order valence-electron chi connectivity index (χ3n) is 5.94. The van der Waals surface area contributed by atoms with Crippen molar-refractivity contribution in [3.05, 3.63) is 18.2 Å². The molecule has 9 nitrogen and oxygen atoms in total. The van der Waals surface area contributed by atoms with E-state index in [1.165, 1.54) is 11.4 Å². The number of esters is 1. The fourth-order valence-corrected chi connectivity index (χ4v) is 6.53. The van der Waals surface area contributed by atoms with Crippen LogP contribution >= 0.6 is 11.7 Å². The molecule has 30 heavy (non-hydrogen) atoms. The molecule has 2 aromatic rings. The van der Waals surface area contributed by atoms with E-state index in [2.05, 4.69) is 8.75 Å². The SMILES string of the molecule is COC(=O)C1CCN(C(=O)[C@H]2CCCN(S(=O)(=O)c3cccc4nsnc34)C2)CC1. The van der Waals surface area contributed by atoms with Crippen LogP contribution in [0.5, 0.6) is 0 Å². The number of nitrogens with zero attached hydrogens (tertiary/aromatic N) is 4. The molecule has 2 aliphatic heterocycles. The molecule has 0 spiro atoms. The molecule has 0 N–H and O–H groups in total. The molecule has 1 amide bonds. The van der Waals surface area contributed by atoms with Crippen LogP contribution in [0.2, 0.25) is 0 Å². The molecule has 4 rings (SSSR count). The Kier molecular flexibility index (Phi) is 6.03. The van der Waals surface area contributed by atoms with Gasteiger partial charge in [-0.25, -0.2) is 8.42 Å². The van der Waals surface area contributed by atoms with E-state index in [0.29, 0.717) is 56.4 Å². The summed E-state index contributed by atoms with van der Waals surface area (Å²) in [6, 6.07) is 4.94. The number of hydrogen-bond acceptors (Lipinski definition) is 8. The molecule has 0 radical (unpaired) electrons. The Morgan fingerprint density at radius 1 is 1.10 bits per heavy atom. The van der Waals surface area contributed by atoms with Gasteiger partial charge < -0.3 is 9.64 Å². The predicted molar refractivity (Wildman–Crippen MR) is 110 cm³/mol. The summed E-state index contributed by atoms with van der Waals surface area (Å²) in [5, 5.41) is 0. The molecule has 1 aromatic carbocycles. The van der Waals surface area contributed by atoms with Crippen LogP contribution in [0, 0.1) is 11.8 Å². The standard InChI is InChI=1S/C19H24N4O5S2/c1-28-19(25)13-7-10-22(11-8-13)18(24)14-4-3-9-23(12-14)30(26,27)16-6-2-5-15-17(16)21-29-20-15/h2,5-6,13-14H,3-4,7-12H2,1H3/t14-/m0/s1. The molecule has 2 fully saturated rings. The lowest BCUT2D eigenvalue weighted by Gasteiger charge is -2.37. The third kappa shape index (κ3) is 3.93. The molecule has 0 bridgehead atoms. The lowest BCUT2D eigenvalue weighted by Crippen LogP contribution is -2.49. The minimum atomic E-state index is -3.77. The molecule has 0 unspecified atom stereocenters. The lowest BCUT2D eigenvalue weighted by molar-refractivity contribution is -0.149. The van der Waals surface area contributed by atoms with Crippen molar-refractivity contribution in [1.82, 2.24) is 18.0 Å². The number of carbonyl (C=O) groups is 2. The third-order valence-corrected chi connectivity index (χ3v) is 8.38. The highest BCUT2D eigenvalue weighted by molar-refractivity contribution is 7.89. The zero-order valence-electron chi connectivity index (χ0n) is 16.7. The van der Waals surface area contributed by atoms with Crippen molar-refractivity contribution < 1.29 is 22.7 Å². The molecule has 11 heteroatoms. The fourth-order valence-electron chi connectivity index (χ4n) is 4.25. The maximum Gasteiger partial charge on any atom is 0.308 e. The first-order valence-electron chi connectivity index (χ1n) is 10.00. The van der Waals surface area contributed by atoms with E-state index in [-0.39, 0.29) is 35.2 Å². The zero-order valence-corrected chi connectivity index (χ0v) is 18.3. The van der Waals surface area contributed by atoms with Crippen LogP contribution in [-0.4, -0.2) is 71.5 Å². The largest absolute Gasteiger partial charge is 0.469 e. The zero-order chi connectivity index (χ0) is 21.3. The van der Waals surface area contributed by atoms with Gasteiger partial charge in [0, 0.05) is 26.2 Å². The molecule has 3 heterocycles. The lowest BCUT2D eigenvalue weighted by atomic mass is 9.93. The van der Waals surface area contributed by atoms with Crippen LogP contribution in [0.15, 0.2) is 23.1 Å². The maximum atomic E-state index is 13.3. The van der Waals surface area contributed by atoms with Crippen molar-refractivity contribution in [2.24, 2.45) is 11.8 Å². The van der Waals surface area contributed by atoms with Gasteiger partial charge in [0.25, 0.3) is 0 Å². The molecule has 2 saturated heterocycles. The Hall–Kier alpha value is -2.11. The van der Waals surface area contributed by atoms with Crippen molar-refractivity contribution in [2.45, 2.75) is 30.6 Å². The molecule has 162 valence electrons. The van der Waals surface area contributed by atoms with E-state index in [9.17, 15) is 18.0 Å². The Morgan fingerprint density at radius 3 is 2.60 bits per heavy atom. The summed E-state index contributed by atoms with van der Waals surface area (Å²) in [6.45, 7) is 1.52. The number of rotatable bonds is 4. The summed E-state index contributed by atoms with van der Waals surface area (Å²) in [7, 11) is -2.40. The Morgan fingerprint density at radius 2 is 1.87 bits per heavy atom. The van der Waals surface area contributed by atoms with Gasteiger partial charge in [-0.1, -0.05) is 6.07 Å². The minimum absolute atomic E-state index is 0.0354. The highest BCUT2D eigenvalue weighted by atomic mass is 32.2. The number of benzene rings is 1. The van der Waals surface area contributed by atoms with Gasteiger partial charge in [-0.2, -0.15) is 13.1 Å². The van der Waals surface area contributed by atoms with Gasteiger partial charge in [0.1, 0.15) is 15.9 Å². The first-order chi connectivity index (χ1) is 14.4. The number of aromatic nitrogens is 2. The van der Waals surface area contributed by atoms with Gasteiger partial charge in [0.2, 0.25) is 15.9 Å². The maximum absolute atomic E-state index is 13.3. The second-order valence-corrected chi connectivity index (χ2v) is 10.1. The second kappa shape index (κ2) is 8.56. The number of ether oxygens (including phenoxy) is 1. The molecule has 1 aromatic heterocycles. The average molecular weight is 453 g/mol.